The van der Waals surface area contributed by atoms with Crippen LogP contribution in [0.4, 0.5) is 6.01 Å². The predicted molar refractivity (Wildman–Crippen MR) is 98.8 cm³/mol. The van der Waals surface area contributed by atoms with Gasteiger partial charge < -0.3 is 9.15 Å². The van der Waals surface area contributed by atoms with Gasteiger partial charge in [0.1, 0.15) is 5.75 Å². The second-order valence-electron chi connectivity index (χ2n) is 6.53. The van der Waals surface area contributed by atoms with Gasteiger partial charge in [-0.15, -0.1) is 5.10 Å². The molecule has 138 valence electrons. The summed E-state index contributed by atoms with van der Waals surface area (Å²) in [6.07, 6.45) is 7.18. The molecule has 3 aromatic rings. The van der Waals surface area contributed by atoms with Crippen LogP contribution in [0, 0.1) is 0 Å². The molecule has 0 spiro atoms. The predicted octanol–water partition coefficient (Wildman–Crippen LogP) is 4.56. The van der Waals surface area contributed by atoms with E-state index in [1.807, 2.05) is 30.3 Å². The zero-order valence-electron chi connectivity index (χ0n) is 14.8. The van der Waals surface area contributed by atoms with Gasteiger partial charge in [-0.2, -0.15) is 0 Å². The van der Waals surface area contributed by atoms with Crippen LogP contribution in [-0.2, 0) is 0 Å². The third kappa shape index (κ3) is 4.31. The number of nitrogens with one attached hydrogen (secondary N) is 1. The van der Waals surface area contributed by atoms with E-state index in [9.17, 15) is 4.79 Å². The zero-order valence-corrected chi connectivity index (χ0v) is 14.8. The minimum atomic E-state index is -0.354. The third-order valence-corrected chi connectivity index (χ3v) is 4.58. The van der Waals surface area contributed by atoms with Gasteiger partial charge in [0, 0.05) is 18.2 Å². The van der Waals surface area contributed by atoms with Gasteiger partial charge in [0.15, 0.2) is 0 Å². The van der Waals surface area contributed by atoms with Gasteiger partial charge in [-0.1, -0.05) is 42.6 Å². The van der Waals surface area contributed by atoms with Crippen molar-refractivity contribution in [3.63, 3.8) is 0 Å². The Hall–Kier alpha value is -3.22. The highest BCUT2D eigenvalue weighted by molar-refractivity contribution is 6.02. The molecule has 2 aromatic heterocycles. The molecule has 7 heteroatoms. The van der Waals surface area contributed by atoms with E-state index in [0.717, 1.165) is 12.8 Å². The van der Waals surface area contributed by atoms with Crippen LogP contribution < -0.4 is 10.1 Å². The van der Waals surface area contributed by atoms with Crippen LogP contribution in [0.2, 0.25) is 0 Å². The second-order valence-corrected chi connectivity index (χ2v) is 6.53. The lowest BCUT2D eigenvalue weighted by atomic mass is 9.89. The van der Waals surface area contributed by atoms with E-state index in [4.69, 9.17) is 9.15 Å². The first-order valence-corrected chi connectivity index (χ1v) is 9.11. The van der Waals surface area contributed by atoms with Crippen LogP contribution in [0.5, 0.6) is 11.6 Å². The van der Waals surface area contributed by atoms with Crippen molar-refractivity contribution in [2.75, 3.05) is 5.32 Å². The molecule has 0 unspecified atom stereocenters. The highest BCUT2D eigenvalue weighted by Crippen LogP contribution is 2.32. The van der Waals surface area contributed by atoms with E-state index in [1.54, 1.807) is 12.1 Å². The first-order chi connectivity index (χ1) is 13.3. The number of benzene rings is 1. The van der Waals surface area contributed by atoms with Crippen molar-refractivity contribution in [2.45, 2.75) is 38.0 Å². The Balaban J connectivity index is 1.37. The number of ether oxygens (including phenoxy) is 1. The van der Waals surface area contributed by atoms with Crippen LogP contribution in [0.3, 0.4) is 0 Å². The van der Waals surface area contributed by atoms with Crippen molar-refractivity contribution < 1.29 is 13.9 Å². The van der Waals surface area contributed by atoms with Crippen LogP contribution in [0.15, 0.2) is 53.1 Å². The molecule has 1 amide bonds. The Labute approximate surface area is 156 Å². The summed E-state index contributed by atoms with van der Waals surface area (Å²) in [6.45, 7) is 0. The third-order valence-electron chi connectivity index (χ3n) is 4.58. The number of aromatic nitrogens is 3. The first kappa shape index (κ1) is 17.2. The van der Waals surface area contributed by atoms with Gasteiger partial charge in [0.2, 0.25) is 11.8 Å². The van der Waals surface area contributed by atoms with Gasteiger partial charge in [-0.25, -0.2) is 4.98 Å². The Bertz CT molecular complexity index is 887. The van der Waals surface area contributed by atoms with Crippen molar-refractivity contribution in [2.24, 2.45) is 0 Å². The molecule has 0 radical (unpaired) electrons. The fourth-order valence-electron chi connectivity index (χ4n) is 3.15. The molecular formula is C20H20N4O3. The second kappa shape index (κ2) is 7.99. The molecule has 1 N–H and O–H groups in total. The number of carbonyl (C=O) groups excluding carboxylic acids is 1. The van der Waals surface area contributed by atoms with Crippen LogP contribution in [0.25, 0.3) is 0 Å². The molecule has 1 fully saturated rings. The zero-order chi connectivity index (χ0) is 18.5. The number of rotatable bonds is 5. The maximum atomic E-state index is 12.3. The van der Waals surface area contributed by atoms with Crippen molar-refractivity contribution >= 4 is 11.9 Å². The Morgan fingerprint density at radius 1 is 1.04 bits per heavy atom. The van der Waals surface area contributed by atoms with Gasteiger partial charge in [-0.05, 0) is 31.0 Å². The number of nitrogens with zero attached hydrogens (tertiary/aromatic N) is 3. The number of amides is 1. The molecule has 0 atom stereocenters. The highest BCUT2D eigenvalue weighted by Gasteiger charge is 2.22. The van der Waals surface area contributed by atoms with E-state index >= 15 is 0 Å². The smallest absolute Gasteiger partial charge is 0.322 e. The van der Waals surface area contributed by atoms with E-state index in [0.29, 0.717) is 29.0 Å². The van der Waals surface area contributed by atoms with Crippen molar-refractivity contribution in [1.82, 2.24) is 15.2 Å². The molecular weight excluding hydrogens is 344 g/mol. The maximum Gasteiger partial charge on any atom is 0.322 e. The monoisotopic (exact) mass is 364 g/mol. The molecule has 0 saturated heterocycles. The summed E-state index contributed by atoms with van der Waals surface area (Å²) >= 11 is 0. The minimum absolute atomic E-state index is 0.116. The SMILES string of the molecule is O=C(Nc1nnc(C2CCCCC2)o1)c1ccc(Oc2ccccc2)nc1. The van der Waals surface area contributed by atoms with Crippen molar-refractivity contribution in [3.05, 3.63) is 60.1 Å². The number of hydrogen-bond donors (Lipinski definition) is 1. The Kier molecular flexibility index (Phi) is 5.09. The molecule has 1 aliphatic carbocycles. The number of carbonyl (C=O) groups is 1. The Morgan fingerprint density at radius 2 is 1.85 bits per heavy atom. The summed E-state index contributed by atoms with van der Waals surface area (Å²) in [5.41, 5.74) is 0.382. The van der Waals surface area contributed by atoms with E-state index < -0.39 is 0 Å². The van der Waals surface area contributed by atoms with Gasteiger partial charge >= 0.3 is 6.01 Å². The molecule has 2 heterocycles. The largest absolute Gasteiger partial charge is 0.439 e. The summed E-state index contributed by atoms with van der Waals surface area (Å²) in [5.74, 6) is 1.65. The van der Waals surface area contributed by atoms with Gasteiger partial charge in [0.25, 0.3) is 5.91 Å². The lowest BCUT2D eigenvalue weighted by molar-refractivity contribution is 0.102. The van der Waals surface area contributed by atoms with Crippen LogP contribution in [0.1, 0.15) is 54.3 Å². The summed E-state index contributed by atoms with van der Waals surface area (Å²) in [5, 5.41) is 10.6. The van der Waals surface area contributed by atoms with Gasteiger partial charge in [-0.3, -0.25) is 10.1 Å². The molecule has 1 saturated carbocycles. The van der Waals surface area contributed by atoms with E-state index in [1.165, 1.54) is 25.5 Å². The number of anilines is 1. The number of hydrogen-bond acceptors (Lipinski definition) is 6. The van der Waals surface area contributed by atoms with E-state index in [-0.39, 0.29) is 11.9 Å². The molecule has 7 nitrogen and oxygen atoms in total. The fraction of sp³-hybridized carbons (Fsp3) is 0.300. The average molecular weight is 364 g/mol. The minimum Gasteiger partial charge on any atom is -0.439 e. The van der Waals surface area contributed by atoms with Crippen molar-refractivity contribution in [1.29, 1.82) is 0 Å². The average Bonchev–Trinajstić information content (AvgIpc) is 3.18. The van der Waals surface area contributed by atoms with Gasteiger partial charge in [0.05, 0.1) is 5.56 Å². The lowest BCUT2D eigenvalue weighted by Crippen LogP contribution is -2.12. The normalized spacial score (nSPS) is 14.7. The first-order valence-electron chi connectivity index (χ1n) is 9.11. The topological polar surface area (TPSA) is 90.1 Å². The van der Waals surface area contributed by atoms with Crippen LogP contribution >= 0.6 is 0 Å². The summed E-state index contributed by atoms with van der Waals surface area (Å²) < 4.78 is 11.2. The lowest BCUT2D eigenvalue weighted by Gasteiger charge is -2.17. The number of para-hydroxylation sites is 1. The standard InChI is InChI=1S/C20H20N4O3/c25-18(22-20-24-23-19(27-20)14-7-3-1-4-8-14)15-11-12-17(21-13-15)26-16-9-5-2-6-10-16/h2,5-6,9-14H,1,3-4,7-8H2,(H,22,24,25). The highest BCUT2D eigenvalue weighted by atomic mass is 16.5. The molecule has 4 rings (SSSR count). The summed E-state index contributed by atoms with van der Waals surface area (Å²) in [4.78, 5) is 16.5. The quantitative estimate of drug-likeness (QED) is 0.714. The van der Waals surface area contributed by atoms with E-state index in [2.05, 4.69) is 20.5 Å². The van der Waals surface area contributed by atoms with Crippen LogP contribution in [-0.4, -0.2) is 21.1 Å². The molecule has 1 aliphatic rings. The maximum absolute atomic E-state index is 12.3. The molecule has 0 aliphatic heterocycles. The number of pyridine rings is 1. The molecule has 1 aromatic carbocycles. The summed E-state index contributed by atoms with van der Waals surface area (Å²) in [6, 6.07) is 12.7. The fourth-order valence-corrected chi connectivity index (χ4v) is 3.15. The molecule has 27 heavy (non-hydrogen) atoms. The Morgan fingerprint density at radius 3 is 2.59 bits per heavy atom. The molecule has 0 bridgehead atoms. The summed E-state index contributed by atoms with van der Waals surface area (Å²) in [7, 11) is 0. The van der Waals surface area contributed by atoms with Crippen molar-refractivity contribution in [3.8, 4) is 11.6 Å².